The van der Waals surface area contributed by atoms with Gasteiger partial charge in [-0.1, -0.05) is 11.6 Å². The molecule has 116 valence electrons. The maximum Gasteiger partial charge on any atom is 0.356 e. The summed E-state index contributed by atoms with van der Waals surface area (Å²) in [4.78, 5) is 11.3. The Morgan fingerprint density at radius 1 is 1.23 bits per heavy atom. The van der Waals surface area contributed by atoms with E-state index in [1.807, 2.05) is 24.3 Å². The number of rotatable bonds is 4. The summed E-state index contributed by atoms with van der Waals surface area (Å²) >= 11 is 0. The Hall–Kier alpha value is -2.37. The van der Waals surface area contributed by atoms with Crippen LogP contribution in [0.4, 0.5) is 0 Å². The van der Waals surface area contributed by atoms with Crippen molar-refractivity contribution in [1.29, 1.82) is 0 Å². The van der Waals surface area contributed by atoms with E-state index in [-0.39, 0.29) is 5.69 Å². The number of hydrogen-bond acceptors (Lipinski definition) is 4. The predicted octanol–water partition coefficient (Wildman–Crippen LogP) is 2.89. The van der Waals surface area contributed by atoms with Crippen LogP contribution in [0.1, 0.15) is 42.6 Å². The first-order valence-electron chi connectivity index (χ1n) is 7.55. The van der Waals surface area contributed by atoms with Gasteiger partial charge in [0.05, 0.1) is 6.10 Å². The van der Waals surface area contributed by atoms with E-state index in [1.165, 1.54) is 23.9 Å². The van der Waals surface area contributed by atoms with Crippen LogP contribution in [0.3, 0.4) is 0 Å². The molecule has 0 spiro atoms. The van der Waals surface area contributed by atoms with Gasteiger partial charge in [-0.2, -0.15) is 0 Å². The number of nitrogens with zero attached hydrogens (tertiary/aromatic N) is 3. The maximum absolute atomic E-state index is 11.3. The van der Waals surface area contributed by atoms with Crippen LogP contribution in [0.2, 0.25) is 0 Å². The van der Waals surface area contributed by atoms with Crippen molar-refractivity contribution in [3.8, 4) is 17.0 Å². The number of hydrogen-bond donors (Lipinski definition) is 1. The number of carboxylic acids is 1. The zero-order chi connectivity index (χ0) is 15.5. The van der Waals surface area contributed by atoms with Gasteiger partial charge in [-0.15, -0.1) is 5.10 Å². The predicted molar refractivity (Wildman–Crippen MR) is 80.9 cm³/mol. The number of ether oxygens (including phenoxy) is 1. The zero-order valence-corrected chi connectivity index (χ0v) is 12.5. The van der Waals surface area contributed by atoms with Crippen LogP contribution >= 0.6 is 0 Å². The van der Waals surface area contributed by atoms with E-state index in [0.717, 1.165) is 24.2 Å². The minimum Gasteiger partial charge on any atom is -0.490 e. The minimum absolute atomic E-state index is 0.0842. The third-order valence-corrected chi connectivity index (χ3v) is 4.01. The van der Waals surface area contributed by atoms with Crippen LogP contribution in [0, 0.1) is 0 Å². The highest BCUT2D eigenvalue weighted by molar-refractivity contribution is 5.92. The third kappa shape index (κ3) is 2.95. The van der Waals surface area contributed by atoms with E-state index in [0.29, 0.717) is 11.8 Å². The Labute approximate surface area is 128 Å². The fraction of sp³-hybridized carbons (Fsp3) is 0.438. The molecule has 0 amide bonds. The summed E-state index contributed by atoms with van der Waals surface area (Å²) in [6.45, 7) is 0. The summed E-state index contributed by atoms with van der Waals surface area (Å²) in [6.07, 6.45) is 6.26. The number of benzene rings is 1. The number of aromatic nitrogens is 3. The molecule has 22 heavy (non-hydrogen) atoms. The van der Waals surface area contributed by atoms with Crippen LogP contribution in [-0.2, 0) is 7.05 Å². The summed E-state index contributed by atoms with van der Waals surface area (Å²) in [6, 6.07) is 7.39. The molecular weight excluding hydrogens is 282 g/mol. The maximum atomic E-state index is 11.3. The average molecular weight is 301 g/mol. The molecule has 1 fully saturated rings. The molecule has 6 nitrogen and oxygen atoms in total. The molecule has 0 aliphatic heterocycles. The Kier molecular flexibility index (Phi) is 4.09. The van der Waals surface area contributed by atoms with Crippen LogP contribution in [-0.4, -0.2) is 32.2 Å². The Balaban J connectivity index is 1.78. The van der Waals surface area contributed by atoms with Crippen molar-refractivity contribution in [3.05, 3.63) is 30.0 Å². The van der Waals surface area contributed by atoms with E-state index in [2.05, 4.69) is 10.3 Å². The molecule has 1 aromatic heterocycles. The third-order valence-electron chi connectivity index (χ3n) is 4.01. The molecule has 1 aromatic carbocycles. The van der Waals surface area contributed by atoms with Crippen molar-refractivity contribution in [2.75, 3.05) is 0 Å². The SMILES string of the molecule is Cn1nnc(-c2ccc(OC3CCCCC3)cc2)c1C(=O)O. The van der Waals surface area contributed by atoms with E-state index in [4.69, 9.17) is 4.74 Å². The fourth-order valence-electron chi connectivity index (χ4n) is 2.86. The molecule has 2 aromatic rings. The molecule has 1 aliphatic rings. The highest BCUT2D eigenvalue weighted by atomic mass is 16.5. The smallest absolute Gasteiger partial charge is 0.356 e. The lowest BCUT2D eigenvalue weighted by Gasteiger charge is -2.23. The number of carbonyl (C=O) groups is 1. The van der Waals surface area contributed by atoms with Crippen LogP contribution in [0.15, 0.2) is 24.3 Å². The van der Waals surface area contributed by atoms with Gasteiger partial charge in [-0.05, 0) is 49.9 Å². The molecule has 1 aliphatic carbocycles. The van der Waals surface area contributed by atoms with Crippen LogP contribution in [0.25, 0.3) is 11.3 Å². The first-order chi connectivity index (χ1) is 10.6. The first kappa shape index (κ1) is 14.6. The molecular formula is C16H19N3O3. The summed E-state index contributed by atoms with van der Waals surface area (Å²) in [5.74, 6) is -0.221. The van der Waals surface area contributed by atoms with Crippen molar-refractivity contribution in [2.45, 2.75) is 38.2 Å². The number of carboxylic acid groups (broad SMARTS) is 1. The van der Waals surface area contributed by atoms with Crippen molar-refractivity contribution < 1.29 is 14.6 Å². The molecule has 1 saturated carbocycles. The van der Waals surface area contributed by atoms with Gasteiger partial charge in [-0.25, -0.2) is 9.48 Å². The molecule has 0 bridgehead atoms. The fourth-order valence-corrected chi connectivity index (χ4v) is 2.86. The lowest BCUT2D eigenvalue weighted by atomic mass is 9.98. The average Bonchev–Trinajstić information content (AvgIpc) is 2.91. The van der Waals surface area contributed by atoms with E-state index < -0.39 is 5.97 Å². The summed E-state index contributed by atoms with van der Waals surface area (Å²) in [7, 11) is 1.57. The minimum atomic E-state index is -1.04. The first-order valence-corrected chi connectivity index (χ1v) is 7.55. The van der Waals surface area contributed by atoms with Crippen molar-refractivity contribution in [1.82, 2.24) is 15.0 Å². The van der Waals surface area contributed by atoms with Gasteiger partial charge in [0.1, 0.15) is 11.4 Å². The molecule has 1 heterocycles. The highest BCUT2D eigenvalue weighted by Crippen LogP contribution is 2.26. The van der Waals surface area contributed by atoms with Crippen LogP contribution < -0.4 is 4.74 Å². The molecule has 1 N–H and O–H groups in total. The largest absolute Gasteiger partial charge is 0.490 e. The van der Waals surface area contributed by atoms with E-state index in [1.54, 1.807) is 7.05 Å². The summed E-state index contributed by atoms with van der Waals surface area (Å²) in [5.41, 5.74) is 1.18. The van der Waals surface area contributed by atoms with Crippen molar-refractivity contribution in [2.24, 2.45) is 7.05 Å². The molecule has 0 radical (unpaired) electrons. The Bertz CT molecular complexity index is 658. The summed E-state index contributed by atoms with van der Waals surface area (Å²) < 4.78 is 7.24. The second-order valence-corrected chi connectivity index (χ2v) is 5.62. The molecule has 6 heteroatoms. The molecule has 0 atom stereocenters. The standard InChI is InChI=1S/C16H19N3O3/c1-19-15(16(20)21)14(17-18-19)11-7-9-13(10-8-11)22-12-5-3-2-4-6-12/h7-10,12H,2-6H2,1H3,(H,20,21). The van der Waals surface area contributed by atoms with Gasteiger partial charge < -0.3 is 9.84 Å². The second-order valence-electron chi connectivity index (χ2n) is 5.62. The van der Waals surface area contributed by atoms with Crippen molar-refractivity contribution >= 4 is 5.97 Å². The molecule has 0 saturated heterocycles. The second kappa shape index (κ2) is 6.17. The van der Waals surface area contributed by atoms with Gasteiger partial charge in [0, 0.05) is 12.6 Å². The number of aryl methyl sites for hydroxylation is 1. The van der Waals surface area contributed by atoms with Gasteiger partial charge >= 0.3 is 5.97 Å². The Morgan fingerprint density at radius 3 is 2.55 bits per heavy atom. The normalized spacial score (nSPS) is 15.7. The van der Waals surface area contributed by atoms with Crippen molar-refractivity contribution in [3.63, 3.8) is 0 Å². The topological polar surface area (TPSA) is 77.2 Å². The lowest BCUT2D eigenvalue weighted by molar-refractivity contribution is 0.0686. The number of aromatic carboxylic acids is 1. The lowest BCUT2D eigenvalue weighted by Crippen LogP contribution is -2.19. The molecule has 0 unspecified atom stereocenters. The van der Waals surface area contributed by atoms with Gasteiger partial charge in [-0.3, -0.25) is 0 Å². The summed E-state index contributed by atoms with van der Waals surface area (Å²) in [5, 5.41) is 17.0. The Morgan fingerprint density at radius 2 is 1.91 bits per heavy atom. The highest BCUT2D eigenvalue weighted by Gasteiger charge is 2.19. The quantitative estimate of drug-likeness (QED) is 0.939. The van der Waals surface area contributed by atoms with Gasteiger partial charge in [0.25, 0.3) is 0 Å². The van der Waals surface area contributed by atoms with Crippen LogP contribution in [0.5, 0.6) is 5.75 Å². The monoisotopic (exact) mass is 301 g/mol. The van der Waals surface area contributed by atoms with Gasteiger partial charge in [0.15, 0.2) is 5.69 Å². The van der Waals surface area contributed by atoms with Gasteiger partial charge in [0.2, 0.25) is 0 Å². The van der Waals surface area contributed by atoms with E-state index in [9.17, 15) is 9.90 Å². The van der Waals surface area contributed by atoms with E-state index >= 15 is 0 Å². The molecule has 3 rings (SSSR count). The zero-order valence-electron chi connectivity index (χ0n) is 12.5.